The van der Waals surface area contributed by atoms with Gasteiger partial charge in [0.05, 0.1) is 10.2 Å². The Labute approximate surface area is 82.1 Å². The smallest absolute Gasteiger partial charge is 0.175 e. The Hall–Kier alpha value is -0.710. The molecule has 1 nitrogen and oxygen atoms in total. The van der Waals surface area contributed by atoms with E-state index in [2.05, 4.69) is 21.2 Å². The summed E-state index contributed by atoms with van der Waals surface area (Å²) in [6.07, 6.45) is 0. The van der Waals surface area contributed by atoms with Gasteiger partial charge in [0, 0.05) is 12.6 Å². The predicted molar refractivity (Wildman–Crippen MR) is 48.3 cm³/mol. The molecule has 0 heterocycles. The molecule has 0 fully saturated rings. The maximum Gasteiger partial charge on any atom is 0.175 e. The van der Waals surface area contributed by atoms with Gasteiger partial charge in [0.25, 0.3) is 0 Å². The van der Waals surface area contributed by atoms with E-state index in [0.29, 0.717) is 0 Å². The summed E-state index contributed by atoms with van der Waals surface area (Å²) in [5, 5.41) is 2.44. The van der Waals surface area contributed by atoms with Crippen LogP contribution in [0.25, 0.3) is 0 Å². The van der Waals surface area contributed by atoms with Gasteiger partial charge < -0.3 is 5.32 Å². The second-order valence-electron chi connectivity index (χ2n) is 2.51. The summed E-state index contributed by atoms with van der Waals surface area (Å²) < 4.78 is 38.9. The quantitative estimate of drug-likeness (QED) is 0.599. The van der Waals surface area contributed by atoms with E-state index in [9.17, 15) is 13.2 Å². The van der Waals surface area contributed by atoms with Gasteiger partial charge in [-0.2, -0.15) is 0 Å². The van der Waals surface area contributed by atoms with Crippen LogP contribution < -0.4 is 5.32 Å². The number of hydrogen-bond donors (Lipinski definition) is 1. The summed E-state index contributed by atoms with van der Waals surface area (Å²) in [4.78, 5) is 0. The van der Waals surface area contributed by atoms with Gasteiger partial charge >= 0.3 is 0 Å². The van der Waals surface area contributed by atoms with Crippen LogP contribution >= 0.6 is 15.9 Å². The molecule has 0 atom stereocenters. The van der Waals surface area contributed by atoms with Crippen molar-refractivity contribution in [3.8, 4) is 0 Å². The van der Waals surface area contributed by atoms with Gasteiger partial charge in [-0.3, -0.25) is 0 Å². The van der Waals surface area contributed by atoms with E-state index in [1.807, 2.05) is 0 Å². The molecule has 5 heteroatoms. The molecular weight excluding hydrogens is 247 g/mol. The molecule has 13 heavy (non-hydrogen) atoms. The lowest BCUT2D eigenvalue weighted by Gasteiger charge is -2.09. The predicted octanol–water partition coefficient (Wildman–Crippen LogP) is 3.22. The number of nitrogens with one attached hydrogen (secondary N) is 1. The molecule has 0 unspecified atom stereocenters. The lowest BCUT2D eigenvalue weighted by atomic mass is 10.2. The van der Waals surface area contributed by atoms with Crippen molar-refractivity contribution >= 4 is 21.6 Å². The van der Waals surface area contributed by atoms with Gasteiger partial charge in [0.1, 0.15) is 0 Å². The van der Waals surface area contributed by atoms with Gasteiger partial charge in [0.15, 0.2) is 17.5 Å². The summed E-state index contributed by atoms with van der Waals surface area (Å²) in [5.74, 6) is -3.03. The van der Waals surface area contributed by atoms with Crippen molar-refractivity contribution in [2.24, 2.45) is 0 Å². The molecule has 0 saturated carbocycles. The maximum absolute atomic E-state index is 13.2. The summed E-state index contributed by atoms with van der Waals surface area (Å²) in [5.41, 5.74) is -0.401. The summed E-state index contributed by atoms with van der Waals surface area (Å²) in [6, 6.07) is 0. The molecule has 0 radical (unpaired) electrons. The molecule has 0 aliphatic rings. The molecule has 0 aliphatic heterocycles. The standard InChI is InChI=1S/C8H7BrF3N/c1-3-5(10)7(12)4(9)8(13-2)6(3)11/h13H,1-2H3. The fourth-order valence-corrected chi connectivity index (χ4v) is 1.52. The maximum atomic E-state index is 13.2. The number of halogens is 4. The van der Waals surface area contributed by atoms with Crippen molar-refractivity contribution in [1.29, 1.82) is 0 Å². The molecule has 0 aromatic heterocycles. The number of hydrogen-bond acceptors (Lipinski definition) is 1. The third kappa shape index (κ3) is 1.52. The van der Waals surface area contributed by atoms with E-state index >= 15 is 0 Å². The van der Waals surface area contributed by atoms with E-state index in [4.69, 9.17) is 0 Å². The van der Waals surface area contributed by atoms with E-state index in [1.54, 1.807) is 0 Å². The molecule has 1 rings (SSSR count). The molecule has 1 aromatic carbocycles. The van der Waals surface area contributed by atoms with E-state index in [-0.39, 0.29) is 15.7 Å². The minimum absolute atomic E-state index is 0.0728. The fourth-order valence-electron chi connectivity index (χ4n) is 0.970. The molecule has 0 bridgehead atoms. The first-order valence-electron chi connectivity index (χ1n) is 3.51. The molecule has 72 valence electrons. The lowest BCUT2D eigenvalue weighted by Crippen LogP contribution is -2.02. The van der Waals surface area contributed by atoms with Crippen LogP contribution in [0.4, 0.5) is 18.9 Å². The topological polar surface area (TPSA) is 12.0 Å². The second kappa shape index (κ2) is 3.57. The Balaban J connectivity index is 3.56. The Morgan fingerprint density at radius 3 is 2.08 bits per heavy atom. The van der Waals surface area contributed by atoms with Crippen molar-refractivity contribution in [1.82, 2.24) is 0 Å². The molecule has 0 spiro atoms. The lowest BCUT2D eigenvalue weighted by molar-refractivity contribution is 0.483. The summed E-state index contributed by atoms with van der Waals surface area (Å²) in [7, 11) is 1.43. The van der Waals surface area contributed by atoms with Crippen LogP contribution in [0.2, 0.25) is 0 Å². The van der Waals surface area contributed by atoms with E-state index in [0.717, 1.165) is 0 Å². The van der Waals surface area contributed by atoms with Crippen LogP contribution in [-0.4, -0.2) is 7.05 Å². The fraction of sp³-hybridized carbons (Fsp3) is 0.250. The second-order valence-corrected chi connectivity index (χ2v) is 3.30. The first-order chi connectivity index (χ1) is 6.00. The van der Waals surface area contributed by atoms with Crippen LogP contribution in [0.1, 0.15) is 5.56 Å². The zero-order chi connectivity index (χ0) is 10.2. The van der Waals surface area contributed by atoms with Gasteiger partial charge in [0.2, 0.25) is 0 Å². The number of benzene rings is 1. The van der Waals surface area contributed by atoms with Crippen molar-refractivity contribution in [2.75, 3.05) is 12.4 Å². The average Bonchev–Trinajstić information content (AvgIpc) is 2.13. The van der Waals surface area contributed by atoms with Crippen molar-refractivity contribution in [3.63, 3.8) is 0 Å². The van der Waals surface area contributed by atoms with Crippen LogP contribution in [0, 0.1) is 24.4 Å². The van der Waals surface area contributed by atoms with Crippen LogP contribution in [-0.2, 0) is 0 Å². The minimum atomic E-state index is -1.16. The van der Waals surface area contributed by atoms with Gasteiger partial charge in [-0.05, 0) is 22.9 Å². The van der Waals surface area contributed by atoms with Crippen LogP contribution in [0.3, 0.4) is 0 Å². The van der Waals surface area contributed by atoms with Gasteiger partial charge in [-0.15, -0.1) is 0 Å². The highest BCUT2D eigenvalue weighted by molar-refractivity contribution is 9.10. The molecular formula is C8H7BrF3N. The monoisotopic (exact) mass is 253 g/mol. The molecule has 0 aliphatic carbocycles. The van der Waals surface area contributed by atoms with E-state index in [1.165, 1.54) is 14.0 Å². The highest BCUT2D eigenvalue weighted by Crippen LogP contribution is 2.32. The Bertz CT molecular complexity index is 323. The Kier molecular flexibility index (Phi) is 2.85. The minimum Gasteiger partial charge on any atom is -0.385 e. The summed E-state index contributed by atoms with van der Waals surface area (Å²) in [6.45, 7) is 1.18. The molecule has 1 aromatic rings. The number of rotatable bonds is 1. The Morgan fingerprint density at radius 1 is 1.08 bits per heavy atom. The largest absolute Gasteiger partial charge is 0.385 e. The third-order valence-electron chi connectivity index (χ3n) is 1.73. The SMILES string of the molecule is CNc1c(F)c(C)c(F)c(F)c1Br. The van der Waals surface area contributed by atoms with E-state index < -0.39 is 17.5 Å². The summed E-state index contributed by atoms with van der Waals surface area (Å²) >= 11 is 2.76. The average molecular weight is 254 g/mol. The highest BCUT2D eigenvalue weighted by atomic mass is 79.9. The van der Waals surface area contributed by atoms with Crippen molar-refractivity contribution < 1.29 is 13.2 Å². The van der Waals surface area contributed by atoms with Gasteiger partial charge in [-0.1, -0.05) is 0 Å². The van der Waals surface area contributed by atoms with Crippen molar-refractivity contribution in [2.45, 2.75) is 6.92 Å². The highest BCUT2D eigenvalue weighted by Gasteiger charge is 2.19. The van der Waals surface area contributed by atoms with Gasteiger partial charge in [-0.25, -0.2) is 13.2 Å². The van der Waals surface area contributed by atoms with Crippen LogP contribution in [0.5, 0.6) is 0 Å². The van der Waals surface area contributed by atoms with Crippen LogP contribution in [0.15, 0.2) is 4.47 Å². The zero-order valence-corrected chi connectivity index (χ0v) is 8.60. The molecule has 0 amide bonds. The molecule has 0 saturated heterocycles. The zero-order valence-electron chi connectivity index (χ0n) is 7.01. The first kappa shape index (κ1) is 10.4. The molecule has 1 N–H and O–H groups in total. The Morgan fingerprint density at radius 2 is 1.62 bits per heavy atom. The normalized spacial score (nSPS) is 10.3. The van der Waals surface area contributed by atoms with Crippen molar-refractivity contribution in [3.05, 3.63) is 27.5 Å². The number of anilines is 1. The first-order valence-corrected chi connectivity index (χ1v) is 4.30. The third-order valence-corrected chi connectivity index (χ3v) is 2.48.